The Kier molecular flexibility index (Phi) is 3.68. The smallest absolute Gasteiger partial charge is 0.239 e. The fourth-order valence-corrected chi connectivity index (χ4v) is 2.47. The Morgan fingerprint density at radius 1 is 1.26 bits per heavy atom. The number of amides is 1. The van der Waals surface area contributed by atoms with E-state index in [1.807, 2.05) is 14.1 Å². The van der Waals surface area contributed by atoms with Crippen LogP contribution >= 0.6 is 0 Å². The molecule has 1 aromatic rings. The number of benzene rings is 1. The Morgan fingerprint density at radius 2 is 1.95 bits per heavy atom. The van der Waals surface area contributed by atoms with Crippen LogP contribution in [0.5, 0.6) is 0 Å². The molecule has 0 aliphatic carbocycles. The minimum Gasteiger partial charge on any atom is -0.347 e. The fraction of sp³-hybridized carbons (Fsp3) is 0.562. The van der Waals surface area contributed by atoms with Gasteiger partial charge in [0.1, 0.15) is 0 Å². The standard InChI is InChI=1S/C16H24N2O/c1-16(2,3)13-7-6-11-9-14(15(19)18(4)5)17-10-12(11)8-13/h6-8,14,17H,9-10H2,1-5H3. The molecule has 0 bridgehead atoms. The van der Waals surface area contributed by atoms with Gasteiger partial charge in [-0.3, -0.25) is 4.79 Å². The minimum atomic E-state index is -0.0806. The lowest BCUT2D eigenvalue weighted by Crippen LogP contribution is -2.47. The molecule has 0 fully saturated rings. The molecule has 0 aromatic heterocycles. The molecular weight excluding hydrogens is 236 g/mol. The largest absolute Gasteiger partial charge is 0.347 e. The van der Waals surface area contributed by atoms with Crippen LogP contribution < -0.4 is 5.32 Å². The Hall–Kier alpha value is -1.35. The third-order valence-corrected chi connectivity index (χ3v) is 3.77. The van der Waals surface area contributed by atoms with Crippen LogP contribution in [-0.2, 0) is 23.2 Å². The van der Waals surface area contributed by atoms with E-state index in [1.165, 1.54) is 16.7 Å². The molecule has 1 aromatic carbocycles. The number of carbonyl (C=O) groups is 1. The van der Waals surface area contributed by atoms with E-state index in [0.29, 0.717) is 0 Å². The van der Waals surface area contributed by atoms with Crippen molar-refractivity contribution in [1.29, 1.82) is 0 Å². The molecule has 2 rings (SSSR count). The summed E-state index contributed by atoms with van der Waals surface area (Å²) in [4.78, 5) is 13.7. The number of likely N-dealkylation sites (N-methyl/N-ethyl adjacent to an activating group) is 1. The second-order valence-corrected chi connectivity index (χ2v) is 6.60. The van der Waals surface area contributed by atoms with Crippen molar-refractivity contribution in [2.24, 2.45) is 0 Å². The number of hydrogen-bond donors (Lipinski definition) is 1. The normalized spacial score (nSPS) is 18.9. The summed E-state index contributed by atoms with van der Waals surface area (Å²) in [6, 6.07) is 6.58. The van der Waals surface area contributed by atoms with Crippen molar-refractivity contribution in [3.8, 4) is 0 Å². The van der Waals surface area contributed by atoms with Gasteiger partial charge in [0.25, 0.3) is 0 Å². The predicted octanol–water partition coefficient (Wildman–Crippen LogP) is 2.09. The molecule has 0 radical (unpaired) electrons. The molecule has 1 amide bonds. The molecule has 1 N–H and O–H groups in total. The van der Waals surface area contributed by atoms with Gasteiger partial charge in [0.2, 0.25) is 5.91 Å². The first-order chi connectivity index (χ1) is 8.79. The summed E-state index contributed by atoms with van der Waals surface area (Å²) in [7, 11) is 3.62. The highest BCUT2D eigenvalue weighted by Crippen LogP contribution is 2.26. The van der Waals surface area contributed by atoms with Gasteiger partial charge < -0.3 is 10.2 Å². The van der Waals surface area contributed by atoms with Crippen molar-refractivity contribution in [2.75, 3.05) is 14.1 Å². The van der Waals surface area contributed by atoms with Gasteiger partial charge in [0, 0.05) is 20.6 Å². The maximum Gasteiger partial charge on any atom is 0.239 e. The molecular formula is C16H24N2O. The number of carbonyl (C=O) groups excluding carboxylic acids is 1. The summed E-state index contributed by atoms with van der Waals surface area (Å²) in [5, 5.41) is 3.34. The van der Waals surface area contributed by atoms with Gasteiger partial charge in [0.05, 0.1) is 6.04 Å². The SMILES string of the molecule is CN(C)C(=O)C1Cc2ccc(C(C)(C)C)cc2CN1. The molecule has 3 heteroatoms. The van der Waals surface area contributed by atoms with Crippen LogP contribution in [0.25, 0.3) is 0 Å². The first-order valence-corrected chi connectivity index (χ1v) is 6.86. The zero-order valence-electron chi connectivity index (χ0n) is 12.6. The van der Waals surface area contributed by atoms with Crippen LogP contribution in [-0.4, -0.2) is 30.9 Å². The summed E-state index contributed by atoms with van der Waals surface area (Å²) < 4.78 is 0. The lowest BCUT2D eigenvalue weighted by Gasteiger charge is -2.29. The minimum absolute atomic E-state index is 0.0806. The van der Waals surface area contributed by atoms with E-state index in [0.717, 1.165) is 13.0 Å². The molecule has 1 heterocycles. The second kappa shape index (κ2) is 4.97. The molecule has 1 atom stereocenters. The number of hydrogen-bond acceptors (Lipinski definition) is 2. The number of nitrogens with one attached hydrogen (secondary N) is 1. The van der Waals surface area contributed by atoms with E-state index in [-0.39, 0.29) is 17.4 Å². The third kappa shape index (κ3) is 2.98. The van der Waals surface area contributed by atoms with E-state index in [9.17, 15) is 4.79 Å². The molecule has 104 valence electrons. The highest BCUT2D eigenvalue weighted by atomic mass is 16.2. The second-order valence-electron chi connectivity index (χ2n) is 6.60. The van der Waals surface area contributed by atoms with Gasteiger partial charge in [-0.15, -0.1) is 0 Å². The molecule has 1 aliphatic rings. The summed E-state index contributed by atoms with van der Waals surface area (Å²) in [6.45, 7) is 7.46. The molecule has 0 spiro atoms. The first-order valence-electron chi connectivity index (χ1n) is 6.86. The van der Waals surface area contributed by atoms with Gasteiger partial charge in [-0.25, -0.2) is 0 Å². The van der Waals surface area contributed by atoms with Crippen molar-refractivity contribution < 1.29 is 4.79 Å². The number of rotatable bonds is 1. The van der Waals surface area contributed by atoms with Crippen LogP contribution in [0.4, 0.5) is 0 Å². The third-order valence-electron chi connectivity index (χ3n) is 3.77. The van der Waals surface area contributed by atoms with Crippen molar-refractivity contribution >= 4 is 5.91 Å². The summed E-state index contributed by atoms with van der Waals surface area (Å²) >= 11 is 0. The van der Waals surface area contributed by atoms with Crippen molar-refractivity contribution in [3.05, 3.63) is 34.9 Å². The lowest BCUT2D eigenvalue weighted by molar-refractivity contribution is -0.131. The number of fused-ring (bicyclic) bond motifs is 1. The Balaban J connectivity index is 2.22. The summed E-state index contributed by atoms with van der Waals surface area (Å²) in [6.07, 6.45) is 0.788. The van der Waals surface area contributed by atoms with Crippen molar-refractivity contribution in [3.63, 3.8) is 0 Å². The average Bonchev–Trinajstić information content (AvgIpc) is 2.35. The van der Waals surface area contributed by atoms with Crippen LogP contribution in [0.1, 0.15) is 37.5 Å². The first kappa shape index (κ1) is 14.1. The van der Waals surface area contributed by atoms with E-state index in [1.54, 1.807) is 4.90 Å². The van der Waals surface area contributed by atoms with Gasteiger partial charge in [-0.2, -0.15) is 0 Å². The van der Waals surface area contributed by atoms with E-state index < -0.39 is 0 Å². The molecule has 1 unspecified atom stereocenters. The molecule has 0 saturated carbocycles. The average molecular weight is 260 g/mol. The van der Waals surface area contributed by atoms with Crippen molar-refractivity contribution in [2.45, 2.75) is 45.2 Å². The highest BCUT2D eigenvalue weighted by Gasteiger charge is 2.26. The summed E-state index contributed by atoms with van der Waals surface area (Å²) in [5.74, 6) is 0.158. The molecule has 19 heavy (non-hydrogen) atoms. The van der Waals surface area contributed by atoms with Gasteiger partial charge in [0.15, 0.2) is 0 Å². The lowest BCUT2D eigenvalue weighted by atomic mass is 9.83. The zero-order chi connectivity index (χ0) is 14.2. The number of nitrogens with zero attached hydrogens (tertiary/aromatic N) is 1. The van der Waals surface area contributed by atoms with E-state index in [2.05, 4.69) is 44.3 Å². The van der Waals surface area contributed by atoms with E-state index in [4.69, 9.17) is 0 Å². The Bertz CT molecular complexity index is 486. The maximum absolute atomic E-state index is 12.0. The predicted molar refractivity (Wildman–Crippen MR) is 78.2 cm³/mol. The van der Waals surface area contributed by atoms with Gasteiger partial charge in [-0.05, 0) is 28.5 Å². The van der Waals surface area contributed by atoms with E-state index >= 15 is 0 Å². The van der Waals surface area contributed by atoms with Crippen molar-refractivity contribution in [1.82, 2.24) is 10.2 Å². The van der Waals surface area contributed by atoms with Crippen LogP contribution in [0.2, 0.25) is 0 Å². The van der Waals surface area contributed by atoms with Gasteiger partial charge >= 0.3 is 0 Å². The Labute approximate surface area is 116 Å². The summed E-state index contributed by atoms with van der Waals surface area (Å²) in [5.41, 5.74) is 4.15. The quantitative estimate of drug-likeness (QED) is 0.838. The highest BCUT2D eigenvalue weighted by molar-refractivity contribution is 5.82. The molecule has 0 saturated heterocycles. The topological polar surface area (TPSA) is 32.3 Å². The van der Waals surface area contributed by atoms with Crippen LogP contribution in [0.15, 0.2) is 18.2 Å². The monoisotopic (exact) mass is 260 g/mol. The molecule has 3 nitrogen and oxygen atoms in total. The molecule has 1 aliphatic heterocycles. The van der Waals surface area contributed by atoms with Gasteiger partial charge in [-0.1, -0.05) is 39.0 Å². The Morgan fingerprint density at radius 3 is 2.53 bits per heavy atom. The zero-order valence-corrected chi connectivity index (χ0v) is 12.6. The fourth-order valence-electron chi connectivity index (χ4n) is 2.47. The maximum atomic E-state index is 12.0. The van der Waals surface area contributed by atoms with Crippen LogP contribution in [0, 0.1) is 0 Å². The van der Waals surface area contributed by atoms with Crippen LogP contribution in [0.3, 0.4) is 0 Å².